The Balaban J connectivity index is 1.66. The molecule has 0 unspecified atom stereocenters. The van der Waals surface area contributed by atoms with E-state index in [0.29, 0.717) is 22.0 Å². The molecule has 30 heavy (non-hydrogen) atoms. The summed E-state index contributed by atoms with van der Waals surface area (Å²) in [5, 5.41) is 5.59. The second-order valence-corrected chi connectivity index (χ2v) is 7.69. The lowest BCUT2D eigenvalue weighted by molar-refractivity contribution is -0.147. The highest BCUT2D eigenvalue weighted by Crippen LogP contribution is 2.25. The summed E-state index contributed by atoms with van der Waals surface area (Å²) in [5.74, 6) is -1.41. The van der Waals surface area contributed by atoms with Gasteiger partial charge in [-0.25, -0.2) is 0 Å². The molecule has 0 spiro atoms. The predicted molar refractivity (Wildman–Crippen MR) is 118 cm³/mol. The third-order valence-corrected chi connectivity index (χ3v) is 4.74. The first-order valence-corrected chi connectivity index (χ1v) is 10.2. The fourth-order valence-electron chi connectivity index (χ4n) is 2.40. The Kier molecular flexibility index (Phi) is 9.01. The van der Waals surface area contributed by atoms with Crippen LogP contribution in [0, 0.1) is 0 Å². The van der Waals surface area contributed by atoms with E-state index in [9.17, 15) is 19.2 Å². The number of hydrogen-bond donors (Lipinski definition) is 2. The summed E-state index contributed by atoms with van der Waals surface area (Å²) in [5.41, 5.74) is 1.53. The highest BCUT2D eigenvalue weighted by atomic mass is 79.9. The maximum atomic E-state index is 11.9. The molecule has 0 saturated carbocycles. The van der Waals surface area contributed by atoms with Crippen LogP contribution in [0.25, 0.3) is 0 Å². The van der Waals surface area contributed by atoms with Crippen molar-refractivity contribution in [2.75, 3.05) is 17.2 Å². The lowest BCUT2D eigenvalue weighted by atomic mass is 10.1. The van der Waals surface area contributed by atoms with E-state index in [1.807, 2.05) is 0 Å². The van der Waals surface area contributed by atoms with Gasteiger partial charge in [0.2, 0.25) is 5.91 Å². The number of anilines is 2. The van der Waals surface area contributed by atoms with Crippen LogP contribution in [-0.4, -0.2) is 30.2 Å². The largest absolute Gasteiger partial charge is 0.456 e. The second kappa shape index (κ2) is 11.5. The van der Waals surface area contributed by atoms with E-state index < -0.39 is 18.5 Å². The number of hydrogen-bond acceptors (Lipinski definition) is 5. The molecule has 0 aliphatic carbocycles. The van der Waals surface area contributed by atoms with Crippen molar-refractivity contribution in [1.29, 1.82) is 0 Å². The predicted octanol–water partition coefficient (Wildman–Crippen LogP) is 4.60. The number of carbonyl (C=O) groups is 4. The van der Waals surface area contributed by atoms with Gasteiger partial charge in [-0.05, 0) is 55.8 Å². The number of rotatable bonds is 9. The van der Waals surface area contributed by atoms with Crippen LogP contribution in [0.5, 0.6) is 0 Å². The number of ether oxygens (including phenoxy) is 1. The van der Waals surface area contributed by atoms with Gasteiger partial charge in [0.25, 0.3) is 5.91 Å². The first-order chi connectivity index (χ1) is 14.2. The van der Waals surface area contributed by atoms with E-state index in [2.05, 4.69) is 26.6 Å². The Morgan fingerprint density at radius 1 is 0.967 bits per heavy atom. The summed E-state index contributed by atoms with van der Waals surface area (Å²) in [6, 6.07) is 11.5. The molecule has 2 amide bonds. The summed E-state index contributed by atoms with van der Waals surface area (Å²) >= 11 is 9.27. The first-order valence-electron chi connectivity index (χ1n) is 9.06. The van der Waals surface area contributed by atoms with Gasteiger partial charge in [0.15, 0.2) is 12.4 Å². The summed E-state index contributed by atoms with van der Waals surface area (Å²) in [7, 11) is 0. The molecule has 7 nitrogen and oxygen atoms in total. The molecule has 9 heteroatoms. The van der Waals surface area contributed by atoms with Gasteiger partial charge in [-0.2, -0.15) is 0 Å². The van der Waals surface area contributed by atoms with Crippen molar-refractivity contribution >= 4 is 62.5 Å². The van der Waals surface area contributed by atoms with Gasteiger partial charge in [-0.1, -0.05) is 27.5 Å². The van der Waals surface area contributed by atoms with Crippen molar-refractivity contribution in [2.45, 2.75) is 26.2 Å². The molecule has 2 rings (SSSR count). The first kappa shape index (κ1) is 23.6. The van der Waals surface area contributed by atoms with Gasteiger partial charge in [0.05, 0.1) is 10.7 Å². The minimum atomic E-state index is -0.578. The Bertz CT molecular complexity index is 947. The number of benzene rings is 2. The number of Topliss-reactive ketones (excluding diaryl/α,β-unsaturated/α-hetero) is 1. The normalized spacial score (nSPS) is 10.2. The van der Waals surface area contributed by atoms with Gasteiger partial charge >= 0.3 is 5.97 Å². The van der Waals surface area contributed by atoms with Gasteiger partial charge in [-0.15, -0.1) is 0 Å². The quantitative estimate of drug-likeness (QED) is 0.391. The van der Waals surface area contributed by atoms with E-state index in [-0.39, 0.29) is 31.0 Å². The van der Waals surface area contributed by atoms with Crippen LogP contribution in [0.15, 0.2) is 46.9 Å². The van der Waals surface area contributed by atoms with Crippen LogP contribution in [-0.2, 0) is 19.1 Å². The fraction of sp³-hybridized carbons (Fsp3) is 0.238. The number of halogens is 2. The Labute approximate surface area is 187 Å². The van der Waals surface area contributed by atoms with Gasteiger partial charge < -0.3 is 15.4 Å². The second-order valence-electron chi connectivity index (χ2n) is 6.37. The SMILES string of the molecule is CC(=O)c1ccc(NC(=O)CCCC(=O)OCC(=O)Nc2ccc(Br)cc2Cl)cc1. The van der Waals surface area contributed by atoms with Crippen LogP contribution in [0.2, 0.25) is 5.02 Å². The summed E-state index contributed by atoms with van der Waals surface area (Å²) < 4.78 is 5.68. The zero-order chi connectivity index (χ0) is 22.1. The summed E-state index contributed by atoms with van der Waals surface area (Å²) in [4.78, 5) is 46.8. The monoisotopic (exact) mass is 494 g/mol. The number of ketones is 1. The van der Waals surface area contributed by atoms with E-state index >= 15 is 0 Å². The van der Waals surface area contributed by atoms with Crippen LogP contribution < -0.4 is 10.6 Å². The molecule has 0 fully saturated rings. The van der Waals surface area contributed by atoms with Gasteiger partial charge in [-0.3, -0.25) is 19.2 Å². The zero-order valence-electron chi connectivity index (χ0n) is 16.2. The van der Waals surface area contributed by atoms with Gasteiger partial charge in [0, 0.05) is 28.6 Å². The molecule has 0 aromatic heterocycles. The van der Waals surface area contributed by atoms with E-state index in [4.69, 9.17) is 16.3 Å². The topological polar surface area (TPSA) is 102 Å². The standard InChI is InChI=1S/C21H20BrClN2O5/c1-13(26)14-5-8-16(9-6-14)24-19(27)3-2-4-21(29)30-12-20(28)25-18-10-7-15(22)11-17(18)23/h5-11H,2-4,12H2,1H3,(H,24,27)(H,25,28). The number of amides is 2. The molecule has 0 bridgehead atoms. The van der Waals surface area contributed by atoms with Crippen LogP contribution >= 0.6 is 27.5 Å². The minimum Gasteiger partial charge on any atom is -0.456 e. The molecule has 2 N–H and O–H groups in total. The average molecular weight is 496 g/mol. The summed E-state index contributed by atoms with van der Waals surface area (Å²) in [6.45, 7) is 1.02. The molecule has 0 saturated heterocycles. The van der Waals surface area contributed by atoms with Crippen LogP contribution in [0.1, 0.15) is 36.5 Å². The molecule has 2 aromatic carbocycles. The number of nitrogens with one attached hydrogen (secondary N) is 2. The molecule has 0 atom stereocenters. The Hall–Kier alpha value is -2.71. The van der Waals surface area contributed by atoms with E-state index in [1.165, 1.54) is 6.92 Å². The van der Waals surface area contributed by atoms with E-state index in [0.717, 1.165) is 4.47 Å². The van der Waals surface area contributed by atoms with Crippen molar-refractivity contribution < 1.29 is 23.9 Å². The van der Waals surface area contributed by atoms with Crippen molar-refractivity contribution in [2.24, 2.45) is 0 Å². The fourth-order valence-corrected chi connectivity index (χ4v) is 3.12. The van der Waals surface area contributed by atoms with Crippen molar-refractivity contribution in [3.8, 4) is 0 Å². The number of esters is 1. The lowest BCUT2D eigenvalue weighted by Crippen LogP contribution is -2.21. The Morgan fingerprint density at radius 3 is 2.30 bits per heavy atom. The van der Waals surface area contributed by atoms with Gasteiger partial charge in [0.1, 0.15) is 0 Å². The summed E-state index contributed by atoms with van der Waals surface area (Å²) in [6.07, 6.45) is 0.392. The van der Waals surface area contributed by atoms with Crippen molar-refractivity contribution in [3.05, 3.63) is 57.5 Å². The molecule has 2 aromatic rings. The average Bonchev–Trinajstić information content (AvgIpc) is 2.69. The minimum absolute atomic E-state index is 0.00299. The van der Waals surface area contributed by atoms with Crippen LogP contribution in [0.4, 0.5) is 11.4 Å². The van der Waals surface area contributed by atoms with Crippen LogP contribution in [0.3, 0.4) is 0 Å². The third kappa shape index (κ3) is 7.96. The molecule has 0 radical (unpaired) electrons. The van der Waals surface area contributed by atoms with Crippen molar-refractivity contribution in [3.63, 3.8) is 0 Å². The highest BCUT2D eigenvalue weighted by Gasteiger charge is 2.11. The Morgan fingerprint density at radius 2 is 1.67 bits per heavy atom. The molecule has 0 aliphatic rings. The third-order valence-electron chi connectivity index (χ3n) is 3.93. The lowest BCUT2D eigenvalue weighted by Gasteiger charge is -2.08. The molecular formula is C21H20BrClN2O5. The maximum absolute atomic E-state index is 11.9. The van der Waals surface area contributed by atoms with E-state index in [1.54, 1.807) is 42.5 Å². The maximum Gasteiger partial charge on any atom is 0.306 e. The van der Waals surface area contributed by atoms with Crippen molar-refractivity contribution in [1.82, 2.24) is 0 Å². The number of carbonyl (C=O) groups excluding carboxylic acids is 4. The molecule has 0 aliphatic heterocycles. The molecule has 158 valence electrons. The zero-order valence-corrected chi connectivity index (χ0v) is 18.5. The smallest absolute Gasteiger partial charge is 0.306 e. The molecule has 0 heterocycles. The molecular weight excluding hydrogens is 476 g/mol. The highest BCUT2D eigenvalue weighted by molar-refractivity contribution is 9.10.